The van der Waals surface area contributed by atoms with E-state index in [1.807, 2.05) is 14.0 Å². The van der Waals surface area contributed by atoms with Gasteiger partial charge < -0.3 is 15.0 Å². The van der Waals surface area contributed by atoms with Gasteiger partial charge in [0.25, 0.3) is 0 Å². The smallest absolute Gasteiger partial charge is 0.323 e. The van der Waals surface area contributed by atoms with Crippen LogP contribution in [0.2, 0.25) is 0 Å². The predicted molar refractivity (Wildman–Crippen MR) is 82.5 cm³/mol. The lowest BCUT2D eigenvalue weighted by molar-refractivity contribution is 0.311. The SMILES string of the molecule is CCCNc1nc(OCC)nc(N(C)C(CC)CC)n1. The molecule has 0 fully saturated rings. The summed E-state index contributed by atoms with van der Waals surface area (Å²) < 4.78 is 5.44. The monoisotopic (exact) mass is 281 g/mol. The molecule has 0 atom stereocenters. The molecule has 0 aliphatic heterocycles. The molecule has 1 heterocycles. The molecular formula is C14H27N5O. The van der Waals surface area contributed by atoms with Gasteiger partial charge in [-0.15, -0.1) is 0 Å². The zero-order chi connectivity index (χ0) is 15.0. The van der Waals surface area contributed by atoms with E-state index in [4.69, 9.17) is 4.74 Å². The van der Waals surface area contributed by atoms with Crippen molar-refractivity contribution in [2.45, 2.75) is 53.0 Å². The first-order valence-electron chi connectivity index (χ1n) is 7.51. The summed E-state index contributed by atoms with van der Waals surface area (Å²) in [5.74, 6) is 1.24. The molecule has 1 aromatic rings. The van der Waals surface area contributed by atoms with E-state index in [2.05, 4.69) is 45.9 Å². The van der Waals surface area contributed by atoms with E-state index in [1.165, 1.54) is 0 Å². The highest BCUT2D eigenvalue weighted by molar-refractivity contribution is 5.38. The van der Waals surface area contributed by atoms with Crippen molar-refractivity contribution in [1.82, 2.24) is 15.0 Å². The molecule has 0 bridgehead atoms. The van der Waals surface area contributed by atoms with Gasteiger partial charge >= 0.3 is 6.01 Å². The van der Waals surface area contributed by atoms with Gasteiger partial charge in [0.05, 0.1) is 6.61 Å². The van der Waals surface area contributed by atoms with Gasteiger partial charge in [0.2, 0.25) is 11.9 Å². The van der Waals surface area contributed by atoms with Gasteiger partial charge in [-0.05, 0) is 26.2 Å². The summed E-state index contributed by atoms with van der Waals surface area (Å²) in [5, 5.41) is 3.19. The van der Waals surface area contributed by atoms with Crippen molar-refractivity contribution < 1.29 is 4.74 Å². The van der Waals surface area contributed by atoms with E-state index < -0.39 is 0 Å². The zero-order valence-corrected chi connectivity index (χ0v) is 13.3. The Morgan fingerprint density at radius 1 is 1.10 bits per heavy atom. The first-order chi connectivity index (χ1) is 9.65. The average Bonchev–Trinajstić information content (AvgIpc) is 2.46. The van der Waals surface area contributed by atoms with Crippen molar-refractivity contribution in [3.05, 3.63) is 0 Å². The summed E-state index contributed by atoms with van der Waals surface area (Å²) in [7, 11) is 2.02. The van der Waals surface area contributed by atoms with E-state index in [9.17, 15) is 0 Å². The Hall–Kier alpha value is -1.59. The van der Waals surface area contributed by atoms with Gasteiger partial charge in [0.1, 0.15) is 0 Å². The minimum atomic E-state index is 0.383. The maximum absolute atomic E-state index is 5.44. The number of nitrogens with one attached hydrogen (secondary N) is 1. The summed E-state index contributed by atoms with van der Waals surface area (Å²) >= 11 is 0. The topological polar surface area (TPSA) is 63.2 Å². The summed E-state index contributed by atoms with van der Waals surface area (Å²) in [6, 6.07) is 0.805. The first kappa shape index (κ1) is 16.5. The van der Waals surface area contributed by atoms with Crippen LogP contribution in [0.25, 0.3) is 0 Å². The molecular weight excluding hydrogens is 254 g/mol. The van der Waals surface area contributed by atoms with Crippen molar-refractivity contribution in [3.63, 3.8) is 0 Å². The Balaban J connectivity index is 3.00. The number of aromatic nitrogens is 3. The number of hydrogen-bond acceptors (Lipinski definition) is 6. The molecule has 114 valence electrons. The number of nitrogens with zero attached hydrogens (tertiary/aromatic N) is 4. The van der Waals surface area contributed by atoms with Crippen LogP contribution in [-0.4, -0.2) is 41.2 Å². The molecule has 0 spiro atoms. The summed E-state index contributed by atoms with van der Waals surface area (Å²) in [6.45, 7) is 9.76. The maximum atomic E-state index is 5.44. The zero-order valence-electron chi connectivity index (χ0n) is 13.3. The highest BCUT2D eigenvalue weighted by Gasteiger charge is 2.16. The molecule has 6 heteroatoms. The Morgan fingerprint density at radius 3 is 2.35 bits per heavy atom. The van der Waals surface area contributed by atoms with Gasteiger partial charge in [0.15, 0.2) is 0 Å². The minimum absolute atomic E-state index is 0.383. The molecule has 1 rings (SSSR count). The van der Waals surface area contributed by atoms with Crippen LogP contribution in [0.4, 0.5) is 11.9 Å². The second kappa shape index (κ2) is 8.55. The van der Waals surface area contributed by atoms with E-state index in [1.54, 1.807) is 0 Å². The first-order valence-corrected chi connectivity index (χ1v) is 7.51. The fraction of sp³-hybridized carbons (Fsp3) is 0.786. The third-order valence-electron chi connectivity index (χ3n) is 3.22. The molecule has 0 aliphatic rings. The van der Waals surface area contributed by atoms with Crippen molar-refractivity contribution >= 4 is 11.9 Å². The van der Waals surface area contributed by atoms with Gasteiger partial charge in [-0.2, -0.15) is 15.0 Å². The Kier molecular flexibility index (Phi) is 7.04. The van der Waals surface area contributed by atoms with Crippen molar-refractivity contribution in [3.8, 4) is 6.01 Å². The van der Waals surface area contributed by atoms with Crippen molar-refractivity contribution in [2.75, 3.05) is 30.4 Å². The summed E-state index contributed by atoms with van der Waals surface area (Å²) in [5.41, 5.74) is 0. The van der Waals surface area contributed by atoms with Crippen LogP contribution in [0, 0.1) is 0 Å². The Morgan fingerprint density at radius 2 is 1.80 bits per heavy atom. The van der Waals surface area contributed by atoms with Crippen LogP contribution in [-0.2, 0) is 0 Å². The van der Waals surface area contributed by atoms with Crippen LogP contribution < -0.4 is 15.0 Å². The van der Waals surface area contributed by atoms with Gasteiger partial charge in [-0.1, -0.05) is 20.8 Å². The Labute approximate surface area is 122 Å². The third-order valence-corrected chi connectivity index (χ3v) is 3.22. The molecule has 0 aliphatic carbocycles. The fourth-order valence-corrected chi connectivity index (χ4v) is 2.01. The van der Waals surface area contributed by atoms with Crippen LogP contribution in [0.3, 0.4) is 0 Å². The number of ether oxygens (including phenoxy) is 1. The minimum Gasteiger partial charge on any atom is -0.464 e. The second-order valence-electron chi connectivity index (χ2n) is 4.68. The van der Waals surface area contributed by atoms with E-state index in [0.717, 1.165) is 25.8 Å². The van der Waals surface area contributed by atoms with Crippen molar-refractivity contribution in [1.29, 1.82) is 0 Å². The fourth-order valence-electron chi connectivity index (χ4n) is 2.01. The number of rotatable bonds is 9. The molecule has 0 saturated heterocycles. The van der Waals surface area contributed by atoms with Gasteiger partial charge in [0, 0.05) is 19.6 Å². The predicted octanol–water partition coefficient (Wildman–Crippen LogP) is 2.72. The lowest BCUT2D eigenvalue weighted by Crippen LogP contribution is -2.32. The number of anilines is 2. The molecule has 6 nitrogen and oxygen atoms in total. The third kappa shape index (κ3) is 4.51. The number of hydrogen-bond donors (Lipinski definition) is 1. The molecule has 1 N–H and O–H groups in total. The van der Waals surface area contributed by atoms with E-state index >= 15 is 0 Å². The highest BCUT2D eigenvalue weighted by atomic mass is 16.5. The molecule has 20 heavy (non-hydrogen) atoms. The van der Waals surface area contributed by atoms with Crippen LogP contribution in [0.1, 0.15) is 47.0 Å². The van der Waals surface area contributed by atoms with Crippen LogP contribution in [0.5, 0.6) is 6.01 Å². The Bertz CT molecular complexity index is 395. The summed E-state index contributed by atoms with van der Waals surface area (Å²) in [6.07, 6.45) is 3.13. The lowest BCUT2D eigenvalue weighted by Gasteiger charge is -2.26. The molecule has 0 saturated carbocycles. The molecule has 0 radical (unpaired) electrons. The molecule has 1 aromatic heterocycles. The van der Waals surface area contributed by atoms with Crippen molar-refractivity contribution in [2.24, 2.45) is 0 Å². The van der Waals surface area contributed by atoms with Gasteiger partial charge in [-0.3, -0.25) is 0 Å². The van der Waals surface area contributed by atoms with Gasteiger partial charge in [-0.25, -0.2) is 0 Å². The van der Waals surface area contributed by atoms with Crippen LogP contribution in [0.15, 0.2) is 0 Å². The van der Waals surface area contributed by atoms with E-state index in [0.29, 0.717) is 30.6 Å². The normalized spacial score (nSPS) is 10.7. The van der Waals surface area contributed by atoms with Crippen LogP contribution >= 0.6 is 0 Å². The quantitative estimate of drug-likeness (QED) is 0.751. The molecule has 0 unspecified atom stereocenters. The summed E-state index contributed by atoms with van der Waals surface area (Å²) in [4.78, 5) is 15.2. The molecule has 0 amide bonds. The highest BCUT2D eigenvalue weighted by Crippen LogP contribution is 2.18. The lowest BCUT2D eigenvalue weighted by atomic mass is 10.1. The largest absolute Gasteiger partial charge is 0.464 e. The average molecular weight is 281 g/mol. The maximum Gasteiger partial charge on any atom is 0.323 e. The standard InChI is InChI=1S/C14H27N5O/c1-6-10-15-12-16-13(18-14(17-12)20-9-4)19(5)11(7-2)8-3/h11H,6-10H2,1-5H3,(H,15,16,17,18). The second-order valence-corrected chi connectivity index (χ2v) is 4.68. The molecule has 0 aromatic carbocycles. The van der Waals surface area contributed by atoms with E-state index in [-0.39, 0.29) is 0 Å².